The zero-order valence-electron chi connectivity index (χ0n) is 16.1. The van der Waals surface area contributed by atoms with Crippen molar-refractivity contribution in [3.05, 3.63) is 59.3 Å². The summed E-state index contributed by atoms with van der Waals surface area (Å²) in [6.45, 7) is 0.397. The summed E-state index contributed by atoms with van der Waals surface area (Å²) in [6.07, 6.45) is -1.79. The topological polar surface area (TPSA) is 68.8 Å². The Balaban J connectivity index is 1.45. The number of halogens is 4. The lowest BCUT2D eigenvalue weighted by atomic mass is 10.1. The van der Waals surface area contributed by atoms with Gasteiger partial charge in [0.2, 0.25) is 11.2 Å². The fraction of sp³-hybridized carbons (Fsp3) is 0.200. The number of hydrogen-bond donors (Lipinski definition) is 0. The van der Waals surface area contributed by atoms with E-state index in [2.05, 4.69) is 15.0 Å². The number of carbonyl (C=O) groups excluding carboxylic acids is 1. The fourth-order valence-corrected chi connectivity index (χ4v) is 3.88. The summed E-state index contributed by atoms with van der Waals surface area (Å²) in [7, 11) is 1.51. The van der Waals surface area contributed by atoms with Crippen LogP contribution in [-0.4, -0.2) is 30.0 Å². The van der Waals surface area contributed by atoms with E-state index in [1.807, 2.05) is 0 Å². The van der Waals surface area contributed by atoms with E-state index in [1.165, 1.54) is 16.5 Å². The van der Waals surface area contributed by atoms with Gasteiger partial charge in [0.05, 0.1) is 12.1 Å². The van der Waals surface area contributed by atoms with Crippen LogP contribution in [0, 0.1) is 0 Å². The maximum Gasteiger partial charge on any atom is 0.434 e. The molecule has 3 aromatic heterocycles. The van der Waals surface area contributed by atoms with Crippen molar-refractivity contribution in [1.29, 1.82) is 0 Å². The van der Waals surface area contributed by atoms with E-state index in [9.17, 15) is 18.0 Å². The van der Waals surface area contributed by atoms with Crippen LogP contribution in [-0.2, 0) is 31.1 Å². The minimum absolute atomic E-state index is 0.0468. The summed E-state index contributed by atoms with van der Waals surface area (Å²) >= 11 is 6.03. The van der Waals surface area contributed by atoms with Crippen molar-refractivity contribution in [3.63, 3.8) is 0 Å². The molecule has 1 aromatic carbocycles. The van der Waals surface area contributed by atoms with E-state index < -0.39 is 11.9 Å². The van der Waals surface area contributed by atoms with Crippen LogP contribution in [0.2, 0.25) is 5.28 Å². The van der Waals surface area contributed by atoms with Gasteiger partial charge >= 0.3 is 6.18 Å². The molecule has 5 rings (SSSR count). The Kier molecular flexibility index (Phi) is 4.30. The van der Waals surface area contributed by atoms with Crippen LogP contribution in [0.3, 0.4) is 0 Å². The number of imidazole rings is 1. The van der Waals surface area contributed by atoms with Crippen LogP contribution in [0.15, 0.2) is 42.7 Å². The molecule has 0 aliphatic carbocycles. The Morgan fingerprint density at radius 1 is 1.10 bits per heavy atom. The molecule has 7 nitrogen and oxygen atoms in total. The maximum atomic E-state index is 12.9. The molecule has 158 valence electrons. The average molecular weight is 447 g/mol. The Hall–Kier alpha value is -3.40. The number of aryl methyl sites for hydroxylation is 1. The number of hydrogen-bond acceptors (Lipinski definition) is 4. The second-order valence-electron chi connectivity index (χ2n) is 7.23. The minimum atomic E-state index is -4.51. The zero-order chi connectivity index (χ0) is 21.9. The first-order valence-corrected chi connectivity index (χ1v) is 9.61. The molecule has 0 saturated heterocycles. The standard InChI is InChI=1S/C20H14ClF3N6O/c1-28-9-14(20(22,23)24)26-17(28)12-4-2-11(3-5-12)8-30-15(31)10-29-7-6-13-16(29)18(30)27-19(21)25-13/h2-7,9H,8,10H2,1H3. The predicted octanol–water partition coefficient (Wildman–Crippen LogP) is 4.05. The highest BCUT2D eigenvalue weighted by molar-refractivity contribution is 6.29. The van der Waals surface area contributed by atoms with E-state index in [0.29, 0.717) is 16.9 Å². The fourth-order valence-electron chi connectivity index (χ4n) is 3.70. The first-order valence-electron chi connectivity index (χ1n) is 9.23. The zero-order valence-corrected chi connectivity index (χ0v) is 16.8. The average Bonchev–Trinajstić information content (AvgIpc) is 3.29. The van der Waals surface area contributed by atoms with Gasteiger partial charge in [-0.1, -0.05) is 24.3 Å². The molecular formula is C20H14ClF3N6O. The predicted molar refractivity (Wildman–Crippen MR) is 107 cm³/mol. The third-order valence-corrected chi connectivity index (χ3v) is 5.32. The van der Waals surface area contributed by atoms with Crippen molar-refractivity contribution >= 4 is 34.4 Å². The molecule has 31 heavy (non-hydrogen) atoms. The van der Waals surface area contributed by atoms with E-state index in [-0.39, 0.29) is 30.1 Å². The first-order chi connectivity index (χ1) is 14.7. The van der Waals surface area contributed by atoms with Gasteiger partial charge in [-0.15, -0.1) is 0 Å². The second-order valence-corrected chi connectivity index (χ2v) is 7.57. The van der Waals surface area contributed by atoms with Crippen molar-refractivity contribution < 1.29 is 18.0 Å². The Labute approximate surface area is 178 Å². The third kappa shape index (κ3) is 3.32. The Morgan fingerprint density at radius 2 is 1.84 bits per heavy atom. The molecule has 4 aromatic rings. The Bertz CT molecular complexity index is 1330. The van der Waals surface area contributed by atoms with Crippen LogP contribution in [0.1, 0.15) is 11.3 Å². The molecule has 0 bridgehead atoms. The smallest absolute Gasteiger partial charge is 0.334 e. The van der Waals surface area contributed by atoms with Crippen molar-refractivity contribution in [2.45, 2.75) is 19.3 Å². The molecule has 0 fully saturated rings. The highest BCUT2D eigenvalue weighted by Gasteiger charge is 2.34. The van der Waals surface area contributed by atoms with Crippen molar-refractivity contribution in [2.24, 2.45) is 7.05 Å². The summed E-state index contributed by atoms with van der Waals surface area (Å²) in [5.74, 6) is 0.483. The van der Waals surface area contributed by atoms with Crippen LogP contribution in [0.5, 0.6) is 0 Å². The molecule has 1 aliphatic heterocycles. The summed E-state index contributed by atoms with van der Waals surface area (Å²) < 4.78 is 41.9. The monoisotopic (exact) mass is 446 g/mol. The molecule has 4 heterocycles. The van der Waals surface area contributed by atoms with Crippen LogP contribution < -0.4 is 4.90 Å². The van der Waals surface area contributed by atoms with Crippen molar-refractivity contribution in [3.8, 4) is 11.4 Å². The van der Waals surface area contributed by atoms with Gasteiger partial charge in [0, 0.05) is 25.0 Å². The molecule has 1 aliphatic rings. The second kappa shape index (κ2) is 6.81. The third-order valence-electron chi connectivity index (χ3n) is 5.15. The summed E-state index contributed by atoms with van der Waals surface area (Å²) in [5.41, 5.74) is 1.75. The van der Waals surface area contributed by atoms with Gasteiger partial charge in [-0.25, -0.2) is 9.97 Å². The minimum Gasteiger partial charge on any atom is -0.334 e. The van der Waals surface area contributed by atoms with Gasteiger partial charge < -0.3 is 9.13 Å². The van der Waals surface area contributed by atoms with Gasteiger partial charge in [0.15, 0.2) is 11.5 Å². The number of alkyl halides is 3. The quantitative estimate of drug-likeness (QED) is 0.445. The molecule has 0 saturated carbocycles. The summed E-state index contributed by atoms with van der Waals surface area (Å²) in [5, 5.41) is 0.0468. The number of amides is 1. The van der Waals surface area contributed by atoms with E-state index >= 15 is 0 Å². The van der Waals surface area contributed by atoms with Gasteiger partial charge in [-0.2, -0.15) is 18.2 Å². The SMILES string of the molecule is Cn1cc(C(F)(F)F)nc1-c1ccc(CN2C(=O)Cn3ccc4nc(Cl)nc2c43)cc1. The van der Waals surface area contributed by atoms with E-state index in [4.69, 9.17) is 11.6 Å². The number of aromatic nitrogens is 5. The lowest BCUT2D eigenvalue weighted by Gasteiger charge is -2.27. The normalized spacial score (nSPS) is 14.0. The lowest BCUT2D eigenvalue weighted by Crippen LogP contribution is -2.37. The molecule has 0 radical (unpaired) electrons. The number of benzene rings is 1. The molecule has 0 spiro atoms. The van der Waals surface area contributed by atoms with Crippen LogP contribution >= 0.6 is 11.6 Å². The molecule has 0 N–H and O–H groups in total. The van der Waals surface area contributed by atoms with E-state index in [0.717, 1.165) is 17.3 Å². The first kappa shape index (κ1) is 19.6. The largest absolute Gasteiger partial charge is 0.434 e. The summed E-state index contributed by atoms with van der Waals surface area (Å²) in [4.78, 5) is 26.4. The van der Waals surface area contributed by atoms with Crippen LogP contribution in [0.25, 0.3) is 22.4 Å². The van der Waals surface area contributed by atoms with E-state index in [1.54, 1.807) is 41.1 Å². The lowest BCUT2D eigenvalue weighted by molar-refractivity contribution is -0.140. The molecule has 1 amide bonds. The highest BCUT2D eigenvalue weighted by atomic mass is 35.5. The van der Waals surface area contributed by atoms with Gasteiger partial charge in [0.1, 0.15) is 17.9 Å². The number of nitrogens with zero attached hydrogens (tertiary/aromatic N) is 6. The van der Waals surface area contributed by atoms with Crippen LogP contribution in [0.4, 0.5) is 19.0 Å². The molecule has 0 atom stereocenters. The number of carbonyl (C=O) groups is 1. The van der Waals surface area contributed by atoms with Crippen molar-refractivity contribution in [1.82, 2.24) is 24.1 Å². The summed E-state index contributed by atoms with van der Waals surface area (Å²) in [6, 6.07) is 8.63. The molecule has 0 unspecified atom stereocenters. The van der Waals surface area contributed by atoms with Gasteiger partial charge in [-0.05, 0) is 23.2 Å². The van der Waals surface area contributed by atoms with Gasteiger partial charge in [0.25, 0.3) is 0 Å². The Morgan fingerprint density at radius 3 is 2.52 bits per heavy atom. The molecule has 11 heteroatoms. The number of anilines is 1. The highest BCUT2D eigenvalue weighted by Crippen LogP contribution is 2.33. The van der Waals surface area contributed by atoms with Gasteiger partial charge in [-0.3, -0.25) is 9.69 Å². The van der Waals surface area contributed by atoms with Crippen molar-refractivity contribution in [2.75, 3.05) is 4.90 Å². The molecular weight excluding hydrogens is 433 g/mol. The number of rotatable bonds is 3. The maximum absolute atomic E-state index is 12.9.